The Morgan fingerprint density at radius 1 is 1.50 bits per heavy atom. The number of carbonyl (C=O) groups excluding carboxylic acids is 1. The molecular formula is C11H10ClF3N2O3. The topological polar surface area (TPSA) is 72.2 Å². The minimum atomic E-state index is -4.40. The number of carbonyl (C=O) groups is 1. The van der Waals surface area contributed by atoms with Crippen molar-refractivity contribution < 1.29 is 22.9 Å². The molecule has 0 bridgehead atoms. The van der Waals surface area contributed by atoms with Gasteiger partial charge in [-0.15, -0.1) is 0 Å². The smallest absolute Gasteiger partial charge is 0.349 e. The average Bonchev–Trinajstić information content (AvgIpc) is 2.26. The van der Waals surface area contributed by atoms with Crippen LogP contribution in [0.2, 0.25) is 5.02 Å². The number of nitrogens with zero attached hydrogens (tertiary/aromatic N) is 1. The number of nitrogens with one attached hydrogen (secondary N) is 1. The van der Waals surface area contributed by atoms with Crippen LogP contribution in [0.1, 0.15) is 23.7 Å². The molecule has 0 radical (unpaired) electrons. The Hall–Kier alpha value is -1.83. The molecule has 1 N–H and O–H groups in total. The normalized spacial score (nSPS) is 12.8. The SMILES string of the molecule is CC(CC(F)(F)F)NC(=O)c1ccc(Cl)c([N+](=O)[O-])c1. The summed E-state index contributed by atoms with van der Waals surface area (Å²) >= 11 is 5.57. The number of alkyl halides is 3. The molecule has 0 spiro atoms. The first-order valence-corrected chi connectivity index (χ1v) is 5.79. The van der Waals surface area contributed by atoms with Crippen LogP contribution in [0, 0.1) is 10.1 Å². The summed E-state index contributed by atoms with van der Waals surface area (Å²) in [5.74, 6) is -0.832. The first-order chi connectivity index (χ1) is 9.10. The molecule has 1 amide bonds. The highest BCUT2D eigenvalue weighted by atomic mass is 35.5. The van der Waals surface area contributed by atoms with Crippen molar-refractivity contribution in [3.05, 3.63) is 38.9 Å². The molecule has 9 heteroatoms. The fourth-order valence-corrected chi connectivity index (χ4v) is 1.69. The predicted octanol–water partition coefficient (Wildman–Crippen LogP) is 3.32. The number of nitro groups is 1. The Bertz CT molecular complexity index is 534. The second-order valence-corrected chi connectivity index (χ2v) is 4.52. The lowest BCUT2D eigenvalue weighted by atomic mass is 10.1. The molecule has 0 saturated heterocycles. The molecule has 1 aromatic rings. The number of halogens is 4. The van der Waals surface area contributed by atoms with E-state index >= 15 is 0 Å². The van der Waals surface area contributed by atoms with Gasteiger partial charge in [0.05, 0.1) is 11.3 Å². The molecule has 1 rings (SSSR count). The number of hydrogen-bond donors (Lipinski definition) is 1. The van der Waals surface area contributed by atoms with Gasteiger partial charge in [0, 0.05) is 17.7 Å². The number of hydrogen-bond acceptors (Lipinski definition) is 3. The molecule has 1 atom stereocenters. The fourth-order valence-electron chi connectivity index (χ4n) is 1.50. The van der Waals surface area contributed by atoms with E-state index in [0.717, 1.165) is 12.1 Å². The average molecular weight is 311 g/mol. The molecule has 1 aromatic carbocycles. The van der Waals surface area contributed by atoms with Gasteiger partial charge in [0.25, 0.3) is 11.6 Å². The van der Waals surface area contributed by atoms with E-state index in [9.17, 15) is 28.1 Å². The highest BCUT2D eigenvalue weighted by molar-refractivity contribution is 6.32. The summed E-state index contributed by atoms with van der Waals surface area (Å²) in [7, 11) is 0. The zero-order valence-electron chi connectivity index (χ0n) is 10.2. The van der Waals surface area contributed by atoms with Crippen LogP contribution < -0.4 is 5.32 Å². The molecule has 0 saturated carbocycles. The lowest BCUT2D eigenvalue weighted by Crippen LogP contribution is -2.35. The lowest BCUT2D eigenvalue weighted by molar-refractivity contribution is -0.384. The van der Waals surface area contributed by atoms with E-state index in [1.54, 1.807) is 0 Å². The Balaban J connectivity index is 2.83. The Labute approximate surface area is 116 Å². The molecule has 0 heterocycles. The third kappa shape index (κ3) is 4.69. The zero-order valence-corrected chi connectivity index (χ0v) is 11.0. The van der Waals surface area contributed by atoms with Gasteiger partial charge in [-0.1, -0.05) is 11.6 Å². The van der Waals surface area contributed by atoms with Crippen molar-refractivity contribution in [2.24, 2.45) is 0 Å². The summed E-state index contributed by atoms with van der Waals surface area (Å²) in [5, 5.41) is 12.6. The summed E-state index contributed by atoms with van der Waals surface area (Å²) in [4.78, 5) is 21.6. The standard InChI is InChI=1S/C11H10ClF3N2O3/c1-6(5-11(13,14)15)16-10(18)7-2-3-8(12)9(4-7)17(19)20/h2-4,6H,5H2,1H3,(H,16,18). The second-order valence-electron chi connectivity index (χ2n) is 4.12. The van der Waals surface area contributed by atoms with E-state index in [-0.39, 0.29) is 10.6 Å². The summed E-state index contributed by atoms with van der Waals surface area (Å²) in [5.41, 5.74) is -0.613. The molecule has 0 aliphatic rings. The minimum absolute atomic E-state index is 0.130. The van der Waals surface area contributed by atoms with E-state index in [1.807, 2.05) is 0 Å². The van der Waals surface area contributed by atoms with Gasteiger partial charge < -0.3 is 5.32 Å². The summed E-state index contributed by atoms with van der Waals surface area (Å²) in [6.07, 6.45) is -5.59. The van der Waals surface area contributed by atoms with Crippen molar-refractivity contribution in [3.63, 3.8) is 0 Å². The molecule has 0 aliphatic carbocycles. The van der Waals surface area contributed by atoms with Crippen molar-refractivity contribution in [2.75, 3.05) is 0 Å². The number of amides is 1. The van der Waals surface area contributed by atoms with Crippen molar-refractivity contribution in [3.8, 4) is 0 Å². The monoisotopic (exact) mass is 310 g/mol. The maximum atomic E-state index is 12.1. The first-order valence-electron chi connectivity index (χ1n) is 5.41. The molecule has 20 heavy (non-hydrogen) atoms. The maximum Gasteiger partial charge on any atom is 0.391 e. The molecule has 1 unspecified atom stereocenters. The third-order valence-electron chi connectivity index (χ3n) is 2.32. The van der Waals surface area contributed by atoms with Crippen LogP contribution in [0.15, 0.2) is 18.2 Å². The van der Waals surface area contributed by atoms with Crippen molar-refractivity contribution in [1.82, 2.24) is 5.32 Å². The number of rotatable bonds is 4. The summed E-state index contributed by atoms with van der Waals surface area (Å²) in [6.45, 7) is 1.19. The quantitative estimate of drug-likeness (QED) is 0.685. The highest BCUT2D eigenvalue weighted by Crippen LogP contribution is 2.25. The third-order valence-corrected chi connectivity index (χ3v) is 2.64. The van der Waals surface area contributed by atoms with Crippen LogP contribution in [0.3, 0.4) is 0 Å². The zero-order chi connectivity index (χ0) is 15.5. The van der Waals surface area contributed by atoms with Gasteiger partial charge in [-0.2, -0.15) is 13.2 Å². The van der Waals surface area contributed by atoms with Gasteiger partial charge in [0.15, 0.2) is 0 Å². The Morgan fingerprint density at radius 3 is 2.60 bits per heavy atom. The highest BCUT2D eigenvalue weighted by Gasteiger charge is 2.30. The van der Waals surface area contributed by atoms with Gasteiger partial charge in [-0.3, -0.25) is 14.9 Å². The number of nitro benzene ring substituents is 1. The van der Waals surface area contributed by atoms with Crippen LogP contribution >= 0.6 is 11.6 Å². The first kappa shape index (κ1) is 16.2. The van der Waals surface area contributed by atoms with Crippen molar-refractivity contribution in [1.29, 1.82) is 0 Å². The Kier molecular flexibility index (Phi) is 4.93. The van der Waals surface area contributed by atoms with Gasteiger partial charge in [-0.25, -0.2) is 0 Å². The van der Waals surface area contributed by atoms with Crippen LogP contribution in [0.25, 0.3) is 0 Å². The van der Waals surface area contributed by atoms with Crippen molar-refractivity contribution in [2.45, 2.75) is 25.6 Å². The second kappa shape index (κ2) is 6.08. The van der Waals surface area contributed by atoms with Crippen molar-refractivity contribution >= 4 is 23.2 Å². The van der Waals surface area contributed by atoms with E-state index < -0.39 is 35.2 Å². The molecule has 5 nitrogen and oxygen atoms in total. The maximum absolute atomic E-state index is 12.1. The molecule has 0 fully saturated rings. The van der Waals surface area contributed by atoms with E-state index in [4.69, 9.17) is 11.6 Å². The van der Waals surface area contributed by atoms with Gasteiger partial charge in [0.1, 0.15) is 5.02 Å². The Morgan fingerprint density at radius 2 is 2.10 bits per heavy atom. The summed E-state index contributed by atoms with van der Waals surface area (Å²) < 4.78 is 36.4. The largest absolute Gasteiger partial charge is 0.391 e. The van der Waals surface area contributed by atoms with E-state index in [0.29, 0.717) is 0 Å². The van der Waals surface area contributed by atoms with Gasteiger partial charge >= 0.3 is 6.18 Å². The van der Waals surface area contributed by atoms with Crippen LogP contribution in [0.4, 0.5) is 18.9 Å². The summed E-state index contributed by atoms with van der Waals surface area (Å²) in [6, 6.07) is 2.11. The van der Waals surface area contributed by atoms with Crippen LogP contribution in [0.5, 0.6) is 0 Å². The van der Waals surface area contributed by atoms with Crippen LogP contribution in [-0.4, -0.2) is 23.0 Å². The number of benzene rings is 1. The predicted molar refractivity (Wildman–Crippen MR) is 65.7 cm³/mol. The van der Waals surface area contributed by atoms with Gasteiger partial charge in [-0.05, 0) is 19.1 Å². The van der Waals surface area contributed by atoms with E-state index in [2.05, 4.69) is 5.32 Å². The fraction of sp³-hybridized carbons (Fsp3) is 0.364. The molecule has 110 valence electrons. The molecular weight excluding hydrogens is 301 g/mol. The molecule has 0 aromatic heterocycles. The lowest BCUT2D eigenvalue weighted by Gasteiger charge is -2.15. The molecule has 0 aliphatic heterocycles. The van der Waals surface area contributed by atoms with Gasteiger partial charge in [0.2, 0.25) is 0 Å². The van der Waals surface area contributed by atoms with Crippen LogP contribution in [-0.2, 0) is 0 Å². The minimum Gasteiger partial charge on any atom is -0.349 e. The van der Waals surface area contributed by atoms with E-state index in [1.165, 1.54) is 13.0 Å².